The SMILES string of the molecule is CCCn1c(O)c(C(=O)C(C)Oc2cc(C)cc(C)c2)c(C)c(C#N)c1=O. The zero-order valence-electron chi connectivity index (χ0n) is 16.3. The van der Waals surface area contributed by atoms with E-state index in [-0.39, 0.29) is 23.2 Å². The molecule has 1 heterocycles. The normalized spacial score (nSPS) is 11.7. The average molecular weight is 368 g/mol. The molecule has 142 valence electrons. The van der Waals surface area contributed by atoms with Crippen LogP contribution in [0, 0.1) is 32.1 Å². The van der Waals surface area contributed by atoms with Gasteiger partial charge in [0.05, 0.1) is 5.56 Å². The van der Waals surface area contributed by atoms with E-state index in [9.17, 15) is 20.0 Å². The Bertz CT molecular complexity index is 963. The smallest absolute Gasteiger partial charge is 0.271 e. The van der Waals surface area contributed by atoms with Crippen molar-refractivity contribution >= 4 is 5.78 Å². The van der Waals surface area contributed by atoms with E-state index in [1.807, 2.05) is 45.0 Å². The van der Waals surface area contributed by atoms with Gasteiger partial charge in [-0.1, -0.05) is 13.0 Å². The first-order valence-electron chi connectivity index (χ1n) is 8.86. The molecule has 0 aliphatic rings. The van der Waals surface area contributed by atoms with Crippen molar-refractivity contribution in [3.8, 4) is 17.7 Å². The first-order valence-corrected chi connectivity index (χ1v) is 8.86. The Morgan fingerprint density at radius 2 is 1.85 bits per heavy atom. The van der Waals surface area contributed by atoms with Crippen LogP contribution in [0.4, 0.5) is 0 Å². The highest BCUT2D eigenvalue weighted by Crippen LogP contribution is 2.25. The number of nitrogens with zero attached hydrogens (tertiary/aromatic N) is 2. The fourth-order valence-electron chi connectivity index (χ4n) is 3.14. The molecule has 0 saturated carbocycles. The summed E-state index contributed by atoms with van der Waals surface area (Å²) in [6.07, 6.45) is -0.321. The summed E-state index contributed by atoms with van der Waals surface area (Å²) in [5, 5.41) is 19.9. The molecule has 1 aromatic carbocycles. The molecule has 0 bridgehead atoms. The third-order valence-corrected chi connectivity index (χ3v) is 4.37. The number of Topliss-reactive ketones (excluding diaryl/α,β-unsaturated/α-hetero) is 1. The van der Waals surface area contributed by atoms with Gasteiger partial charge in [-0.05, 0) is 62.9 Å². The summed E-state index contributed by atoms with van der Waals surface area (Å²) < 4.78 is 6.85. The van der Waals surface area contributed by atoms with Gasteiger partial charge in [-0.3, -0.25) is 14.2 Å². The van der Waals surface area contributed by atoms with E-state index in [1.165, 1.54) is 6.92 Å². The summed E-state index contributed by atoms with van der Waals surface area (Å²) in [6, 6.07) is 7.49. The van der Waals surface area contributed by atoms with E-state index in [0.29, 0.717) is 12.2 Å². The molecular weight excluding hydrogens is 344 g/mol. The minimum absolute atomic E-state index is 0.0449. The second-order valence-corrected chi connectivity index (χ2v) is 6.71. The highest BCUT2D eigenvalue weighted by atomic mass is 16.5. The topological polar surface area (TPSA) is 92.3 Å². The largest absolute Gasteiger partial charge is 0.494 e. The molecule has 0 saturated heterocycles. The van der Waals surface area contributed by atoms with E-state index in [0.717, 1.165) is 15.7 Å². The number of pyridine rings is 1. The number of aromatic nitrogens is 1. The van der Waals surface area contributed by atoms with Crippen LogP contribution in [0.2, 0.25) is 0 Å². The van der Waals surface area contributed by atoms with E-state index in [2.05, 4.69) is 0 Å². The van der Waals surface area contributed by atoms with Crippen molar-refractivity contribution in [1.82, 2.24) is 4.57 Å². The summed E-state index contributed by atoms with van der Waals surface area (Å²) in [6.45, 7) is 8.99. The number of hydrogen-bond donors (Lipinski definition) is 1. The Labute approximate surface area is 158 Å². The number of nitriles is 1. The highest BCUT2D eigenvalue weighted by molar-refractivity contribution is 6.03. The number of ether oxygens (including phenoxy) is 1. The first kappa shape index (κ1) is 20.2. The van der Waals surface area contributed by atoms with Crippen molar-refractivity contribution in [2.45, 2.75) is 53.7 Å². The van der Waals surface area contributed by atoms with Crippen LogP contribution in [0.25, 0.3) is 0 Å². The van der Waals surface area contributed by atoms with E-state index < -0.39 is 23.3 Å². The summed E-state index contributed by atoms with van der Waals surface area (Å²) >= 11 is 0. The van der Waals surface area contributed by atoms with Gasteiger partial charge in [-0.25, -0.2) is 0 Å². The van der Waals surface area contributed by atoms with Crippen LogP contribution in [0.5, 0.6) is 11.6 Å². The van der Waals surface area contributed by atoms with Crippen LogP contribution in [-0.4, -0.2) is 21.6 Å². The Hall–Kier alpha value is -3.07. The first-order chi connectivity index (χ1) is 12.7. The fraction of sp³-hybridized carbons (Fsp3) is 0.381. The predicted octanol–water partition coefficient (Wildman–Crippen LogP) is 3.41. The Morgan fingerprint density at radius 1 is 1.26 bits per heavy atom. The molecule has 0 aliphatic heterocycles. The van der Waals surface area contributed by atoms with E-state index in [4.69, 9.17) is 4.74 Å². The third-order valence-electron chi connectivity index (χ3n) is 4.37. The number of aryl methyl sites for hydroxylation is 2. The number of ketones is 1. The quantitative estimate of drug-likeness (QED) is 0.789. The standard InChI is InChI=1S/C21H24N2O4/c1-6-7-23-20(25)17(11-22)14(4)18(21(23)26)19(24)15(5)27-16-9-12(2)8-13(3)10-16/h8-10,15,26H,6-7H2,1-5H3. The lowest BCUT2D eigenvalue weighted by Crippen LogP contribution is -2.30. The molecule has 6 heteroatoms. The Morgan fingerprint density at radius 3 is 2.37 bits per heavy atom. The predicted molar refractivity (Wildman–Crippen MR) is 102 cm³/mol. The van der Waals surface area contributed by atoms with Crippen molar-refractivity contribution in [1.29, 1.82) is 5.26 Å². The second kappa shape index (κ2) is 8.09. The molecule has 1 aromatic heterocycles. The van der Waals surface area contributed by atoms with Gasteiger partial charge in [0.25, 0.3) is 5.56 Å². The molecule has 0 aliphatic carbocycles. The van der Waals surface area contributed by atoms with E-state index in [1.54, 1.807) is 6.92 Å². The number of carbonyl (C=O) groups is 1. The number of benzene rings is 1. The van der Waals surface area contributed by atoms with Gasteiger partial charge in [0.15, 0.2) is 6.10 Å². The molecule has 1 unspecified atom stereocenters. The van der Waals surface area contributed by atoms with Gasteiger partial charge in [-0.15, -0.1) is 0 Å². The van der Waals surface area contributed by atoms with E-state index >= 15 is 0 Å². The lowest BCUT2D eigenvalue weighted by atomic mass is 9.99. The lowest BCUT2D eigenvalue weighted by molar-refractivity contribution is 0.0812. The van der Waals surface area contributed by atoms with Crippen molar-refractivity contribution in [2.24, 2.45) is 0 Å². The number of carbonyl (C=O) groups excluding carboxylic acids is 1. The fourth-order valence-corrected chi connectivity index (χ4v) is 3.14. The Balaban J connectivity index is 2.50. The van der Waals surface area contributed by atoms with Crippen molar-refractivity contribution < 1.29 is 14.6 Å². The maximum absolute atomic E-state index is 13.0. The maximum Gasteiger partial charge on any atom is 0.271 e. The molecular formula is C21H24N2O4. The highest BCUT2D eigenvalue weighted by Gasteiger charge is 2.28. The van der Waals surface area contributed by atoms with Gasteiger partial charge in [0, 0.05) is 6.54 Å². The molecule has 0 fully saturated rings. The van der Waals surface area contributed by atoms with Crippen LogP contribution in [0.1, 0.15) is 52.9 Å². The molecule has 1 atom stereocenters. The molecule has 6 nitrogen and oxygen atoms in total. The van der Waals surface area contributed by atoms with Crippen LogP contribution in [0.3, 0.4) is 0 Å². The maximum atomic E-state index is 13.0. The van der Waals surface area contributed by atoms with Crippen molar-refractivity contribution in [3.05, 3.63) is 56.4 Å². The zero-order chi connectivity index (χ0) is 20.3. The Kier molecular flexibility index (Phi) is 6.06. The summed E-state index contributed by atoms with van der Waals surface area (Å²) in [5.41, 5.74) is 1.42. The van der Waals surface area contributed by atoms with Gasteiger partial charge in [-0.2, -0.15) is 5.26 Å². The minimum Gasteiger partial charge on any atom is -0.494 e. The van der Waals surface area contributed by atoms with Crippen LogP contribution in [0.15, 0.2) is 23.0 Å². The molecule has 0 amide bonds. The summed E-state index contributed by atoms with van der Waals surface area (Å²) in [5.74, 6) is -0.349. The van der Waals surface area contributed by atoms with Crippen LogP contribution < -0.4 is 10.3 Å². The molecule has 0 radical (unpaired) electrons. The van der Waals surface area contributed by atoms with Crippen LogP contribution in [-0.2, 0) is 6.54 Å². The van der Waals surface area contributed by atoms with Crippen molar-refractivity contribution in [3.63, 3.8) is 0 Å². The number of aromatic hydroxyl groups is 1. The van der Waals surface area contributed by atoms with Gasteiger partial charge >= 0.3 is 0 Å². The lowest BCUT2D eigenvalue weighted by Gasteiger charge is -2.19. The number of hydrogen-bond acceptors (Lipinski definition) is 5. The monoisotopic (exact) mass is 368 g/mol. The van der Waals surface area contributed by atoms with Crippen LogP contribution >= 0.6 is 0 Å². The molecule has 0 spiro atoms. The molecule has 1 N–H and O–H groups in total. The number of rotatable bonds is 6. The molecule has 27 heavy (non-hydrogen) atoms. The van der Waals surface area contributed by atoms with Gasteiger partial charge in [0.1, 0.15) is 17.4 Å². The third kappa shape index (κ3) is 4.03. The minimum atomic E-state index is -0.894. The average Bonchev–Trinajstić information content (AvgIpc) is 2.58. The molecule has 2 rings (SSSR count). The summed E-state index contributed by atoms with van der Waals surface area (Å²) in [4.78, 5) is 25.4. The molecule has 2 aromatic rings. The zero-order valence-corrected chi connectivity index (χ0v) is 16.3. The second-order valence-electron chi connectivity index (χ2n) is 6.71. The van der Waals surface area contributed by atoms with Gasteiger partial charge in [0.2, 0.25) is 11.7 Å². The van der Waals surface area contributed by atoms with Gasteiger partial charge < -0.3 is 9.84 Å². The summed E-state index contributed by atoms with van der Waals surface area (Å²) in [7, 11) is 0. The van der Waals surface area contributed by atoms with Crippen molar-refractivity contribution in [2.75, 3.05) is 0 Å².